The van der Waals surface area contributed by atoms with Crippen molar-refractivity contribution in [3.05, 3.63) is 63.7 Å². The van der Waals surface area contributed by atoms with Crippen molar-refractivity contribution in [2.45, 2.75) is 6.18 Å². The predicted octanol–water partition coefficient (Wildman–Crippen LogP) is 4.09. The van der Waals surface area contributed by atoms with Gasteiger partial charge in [0.25, 0.3) is 5.69 Å². The summed E-state index contributed by atoms with van der Waals surface area (Å²) in [7, 11) is 0. The van der Waals surface area contributed by atoms with Crippen LogP contribution in [0.1, 0.15) is 15.9 Å². The van der Waals surface area contributed by atoms with Crippen LogP contribution in [0.3, 0.4) is 0 Å². The van der Waals surface area contributed by atoms with Crippen molar-refractivity contribution in [2.24, 2.45) is 0 Å². The van der Waals surface area contributed by atoms with Gasteiger partial charge in [-0.2, -0.15) is 13.2 Å². The summed E-state index contributed by atoms with van der Waals surface area (Å²) in [5.41, 5.74) is -1.45. The summed E-state index contributed by atoms with van der Waals surface area (Å²) >= 11 is 0. The van der Waals surface area contributed by atoms with E-state index in [1.807, 2.05) is 0 Å². The molecule has 0 N–H and O–H groups in total. The van der Waals surface area contributed by atoms with Crippen molar-refractivity contribution in [3.63, 3.8) is 0 Å². The molecular formula is C14H8F3NO3. The lowest BCUT2D eigenvalue weighted by Crippen LogP contribution is -2.06. The SMILES string of the molecule is O=Cc1ccccc1-c1ccc(C(F)(F)F)cc1[N+](=O)[O-]. The first-order chi connectivity index (χ1) is 9.84. The minimum atomic E-state index is -4.67. The normalized spacial score (nSPS) is 11.2. The molecule has 4 nitrogen and oxygen atoms in total. The topological polar surface area (TPSA) is 60.2 Å². The van der Waals surface area contributed by atoms with Gasteiger partial charge in [-0.3, -0.25) is 14.9 Å². The average Bonchev–Trinajstić information content (AvgIpc) is 2.45. The van der Waals surface area contributed by atoms with Crippen LogP contribution in [0.4, 0.5) is 18.9 Å². The van der Waals surface area contributed by atoms with Gasteiger partial charge in [-0.1, -0.05) is 24.3 Å². The van der Waals surface area contributed by atoms with E-state index in [2.05, 4.69) is 0 Å². The third-order valence-electron chi connectivity index (χ3n) is 2.90. The Bertz CT molecular complexity index is 711. The molecule has 0 aliphatic heterocycles. The highest BCUT2D eigenvalue weighted by atomic mass is 19.4. The van der Waals surface area contributed by atoms with E-state index in [0.29, 0.717) is 12.4 Å². The first kappa shape index (κ1) is 14.7. The average molecular weight is 295 g/mol. The van der Waals surface area contributed by atoms with Crippen LogP contribution in [-0.2, 0) is 6.18 Å². The molecule has 0 atom stereocenters. The lowest BCUT2D eigenvalue weighted by atomic mass is 9.97. The maximum atomic E-state index is 12.6. The third kappa shape index (κ3) is 2.91. The second-order valence-corrected chi connectivity index (χ2v) is 4.19. The molecular weight excluding hydrogens is 287 g/mol. The van der Waals surface area contributed by atoms with Crippen LogP contribution in [-0.4, -0.2) is 11.2 Å². The van der Waals surface area contributed by atoms with Crippen molar-refractivity contribution in [3.8, 4) is 11.1 Å². The highest BCUT2D eigenvalue weighted by Crippen LogP contribution is 2.37. The van der Waals surface area contributed by atoms with Crippen molar-refractivity contribution >= 4 is 12.0 Å². The minimum absolute atomic E-state index is 0.0318. The molecule has 108 valence electrons. The number of halogens is 3. The van der Waals surface area contributed by atoms with E-state index in [1.165, 1.54) is 12.1 Å². The molecule has 0 unspecified atom stereocenters. The van der Waals surface area contributed by atoms with Gasteiger partial charge in [0.05, 0.1) is 16.1 Å². The largest absolute Gasteiger partial charge is 0.416 e. The molecule has 0 aliphatic rings. The number of nitro benzene ring substituents is 1. The first-order valence-corrected chi connectivity index (χ1v) is 5.75. The molecule has 0 heterocycles. The van der Waals surface area contributed by atoms with Gasteiger partial charge in [0.1, 0.15) is 0 Å². The van der Waals surface area contributed by atoms with E-state index < -0.39 is 22.4 Å². The fourth-order valence-corrected chi connectivity index (χ4v) is 1.93. The van der Waals surface area contributed by atoms with Crippen LogP contribution < -0.4 is 0 Å². The van der Waals surface area contributed by atoms with Crippen LogP contribution in [0.15, 0.2) is 42.5 Å². The Morgan fingerprint density at radius 1 is 1.05 bits per heavy atom. The van der Waals surface area contributed by atoms with E-state index in [-0.39, 0.29) is 16.7 Å². The quantitative estimate of drug-likeness (QED) is 0.486. The van der Waals surface area contributed by atoms with Crippen molar-refractivity contribution < 1.29 is 22.9 Å². The molecule has 0 saturated heterocycles. The smallest absolute Gasteiger partial charge is 0.298 e. The number of carbonyl (C=O) groups excluding carboxylic acids is 1. The van der Waals surface area contributed by atoms with Crippen LogP contribution in [0.2, 0.25) is 0 Å². The molecule has 0 spiro atoms. The van der Waals surface area contributed by atoms with Gasteiger partial charge in [-0.05, 0) is 17.7 Å². The summed E-state index contributed by atoms with van der Waals surface area (Å²) < 4.78 is 37.9. The summed E-state index contributed by atoms with van der Waals surface area (Å²) in [6.45, 7) is 0. The molecule has 0 saturated carbocycles. The van der Waals surface area contributed by atoms with Gasteiger partial charge >= 0.3 is 6.18 Å². The monoisotopic (exact) mass is 295 g/mol. The zero-order chi connectivity index (χ0) is 15.6. The first-order valence-electron chi connectivity index (χ1n) is 5.75. The number of hydrogen-bond acceptors (Lipinski definition) is 3. The number of nitro groups is 1. The van der Waals surface area contributed by atoms with E-state index in [0.717, 1.165) is 12.1 Å². The lowest BCUT2D eigenvalue weighted by Gasteiger charge is -2.10. The fraction of sp³-hybridized carbons (Fsp3) is 0.0714. The molecule has 0 aliphatic carbocycles. The molecule has 0 fully saturated rings. The highest BCUT2D eigenvalue weighted by Gasteiger charge is 2.33. The van der Waals surface area contributed by atoms with E-state index in [9.17, 15) is 28.1 Å². The molecule has 2 aromatic rings. The Morgan fingerprint density at radius 3 is 2.29 bits per heavy atom. The van der Waals surface area contributed by atoms with E-state index >= 15 is 0 Å². The zero-order valence-corrected chi connectivity index (χ0v) is 10.4. The van der Waals surface area contributed by atoms with Crippen molar-refractivity contribution in [1.82, 2.24) is 0 Å². The summed E-state index contributed by atoms with van der Waals surface area (Å²) in [5, 5.41) is 11.0. The van der Waals surface area contributed by atoms with Crippen LogP contribution >= 0.6 is 0 Å². The van der Waals surface area contributed by atoms with Gasteiger partial charge in [0, 0.05) is 11.6 Å². The lowest BCUT2D eigenvalue weighted by molar-refractivity contribution is -0.384. The Labute approximate surface area is 117 Å². The summed E-state index contributed by atoms with van der Waals surface area (Å²) in [4.78, 5) is 21.1. The molecule has 0 bridgehead atoms. The molecule has 0 radical (unpaired) electrons. The number of carbonyl (C=O) groups is 1. The zero-order valence-electron chi connectivity index (χ0n) is 10.4. The van der Waals surface area contributed by atoms with Gasteiger partial charge in [0.2, 0.25) is 0 Å². The molecule has 7 heteroatoms. The fourth-order valence-electron chi connectivity index (χ4n) is 1.93. The van der Waals surface area contributed by atoms with Crippen LogP contribution in [0, 0.1) is 10.1 Å². The maximum absolute atomic E-state index is 12.6. The highest BCUT2D eigenvalue weighted by molar-refractivity contribution is 5.90. The molecule has 0 aromatic heterocycles. The van der Waals surface area contributed by atoms with E-state index in [4.69, 9.17) is 0 Å². The molecule has 2 aromatic carbocycles. The number of hydrogen-bond donors (Lipinski definition) is 0. The van der Waals surface area contributed by atoms with Crippen LogP contribution in [0.5, 0.6) is 0 Å². The third-order valence-corrected chi connectivity index (χ3v) is 2.90. The second kappa shape index (κ2) is 5.35. The Morgan fingerprint density at radius 2 is 1.71 bits per heavy atom. The number of nitrogens with zero attached hydrogens (tertiary/aromatic N) is 1. The van der Waals surface area contributed by atoms with Crippen molar-refractivity contribution in [1.29, 1.82) is 0 Å². The van der Waals surface area contributed by atoms with Gasteiger partial charge < -0.3 is 0 Å². The number of rotatable bonds is 3. The number of benzene rings is 2. The Hall–Kier alpha value is -2.70. The van der Waals surface area contributed by atoms with Crippen molar-refractivity contribution in [2.75, 3.05) is 0 Å². The maximum Gasteiger partial charge on any atom is 0.416 e. The molecule has 2 rings (SSSR count). The van der Waals surface area contributed by atoms with E-state index in [1.54, 1.807) is 12.1 Å². The Balaban J connectivity index is 2.70. The predicted molar refractivity (Wildman–Crippen MR) is 68.9 cm³/mol. The summed E-state index contributed by atoms with van der Waals surface area (Å²) in [6.07, 6.45) is -4.18. The minimum Gasteiger partial charge on any atom is -0.298 e. The molecule has 0 amide bonds. The number of aldehydes is 1. The Kier molecular flexibility index (Phi) is 3.75. The standard InChI is InChI=1S/C14H8F3NO3/c15-14(16,17)10-5-6-12(13(7-10)18(20)21)11-4-2-1-3-9(11)8-19/h1-8H. The molecule has 21 heavy (non-hydrogen) atoms. The van der Waals surface area contributed by atoms with Gasteiger partial charge in [0.15, 0.2) is 6.29 Å². The summed E-state index contributed by atoms with van der Waals surface area (Å²) in [5.74, 6) is 0. The van der Waals surface area contributed by atoms with Crippen LogP contribution in [0.25, 0.3) is 11.1 Å². The summed E-state index contributed by atoms with van der Waals surface area (Å²) in [6, 6.07) is 8.21. The van der Waals surface area contributed by atoms with Gasteiger partial charge in [-0.25, -0.2) is 0 Å². The van der Waals surface area contributed by atoms with Gasteiger partial charge in [-0.15, -0.1) is 0 Å². The number of alkyl halides is 3. The second-order valence-electron chi connectivity index (χ2n) is 4.19.